The van der Waals surface area contributed by atoms with E-state index in [4.69, 9.17) is 0 Å². The summed E-state index contributed by atoms with van der Waals surface area (Å²) in [5, 5.41) is 1.71. The first-order valence-electron chi connectivity index (χ1n) is 6.67. The molecule has 0 bridgehead atoms. The van der Waals surface area contributed by atoms with Gasteiger partial charge in [-0.2, -0.15) is 4.99 Å². The van der Waals surface area contributed by atoms with Gasteiger partial charge in [-0.3, -0.25) is 0 Å². The molecular formula is C16H11BF2N2O. The maximum Gasteiger partial charge on any atom is 0.797 e. The summed E-state index contributed by atoms with van der Waals surface area (Å²) < 4.78 is 30.1. The lowest BCUT2D eigenvalue weighted by molar-refractivity contribution is 0.420. The van der Waals surface area contributed by atoms with E-state index in [-0.39, 0.29) is 5.90 Å². The Morgan fingerprint density at radius 1 is 0.955 bits per heavy atom. The molecule has 0 aliphatic rings. The molecule has 0 spiro atoms. The molecule has 0 fully saturated rings. The van der Waals surface area contributed by atoms with E-state index in [0.717, 1.165) is 10.8 Å². The molecule has 0 saturated carbocycles. The van der Waals surface area contributed by atoms with Crippen LogP contribution in [0, 0.1) is 0 Å². The van der Waals surface area contributed by atoms with Crippen molar-refractivity contribution >= 4 is 30.0 Å². The lowest BCUT2D eigenvalue weighted by Gasteiger charge is -2.10. The summed E-state index contributed by atoms with van der Waals surface area (Å²) in [6.45, 7) is 0. The number of benzene rings is 2. The smallest absolute Gasteiger partial charge is 0.490 e. The molecule has 0 radical (unpaired) electrons. The fraction of sp³-hybridized carbons (Fsp3) is 0. The maximum absolute atomic E-state index is 12.7. The van der Waals surface area contributed by atoms with Crippen molar-refractivity contribution in [1.29, 1.82) is 0 Å². The Labute approximate surface area is 126 Å². The van der Waals surface area contributed by atoms with Crippen LogP contribution in [0.1, 0.15) is 5.56 Å². The highest BCUT2D eigenvalue weighted by Gasteiger charge is 2.22. The minimum absolute atomic E-state index is 0.148. The maximum atomic E-state index is 12.7. The minimum atomic E-state index is -2.96. The second kappa shape index (κ2) is 6.34. The molecule has 108 valence electrons. The van der Waals surface area contributed by atoms with E-state index in [0.29, 0.717) is 11.4 Å². The molecule has 0 atom stereocenters. The van der Waals surface area contributed by atoms with Crippen molar-refractivity contribution < 1.29 is 13.3 Å². The van der Waals surface area contributed by atoms with Gasteiger partial charge in [0.2, 0.25) is 5.90 Å². The van der Waals surface area contributed by atoms with E-state index >= 15 is 0 Å². The quantitative estimate of drug-likeness (QED) is 0.411. The third kappa shape index (κ3) is 3.11. The van der Waals surface area contributed by atoms with E-state index in [1.54, 1.807) is 36.5 Å². The van der Waals surface area contributed by atoms with Crippen LogP contribution in [0.25, 0.3) is 10.8 Å². The monoisotopic (exact) mass is 296 g/mol. The standard InChI is InChI=1S/C16H11BF2N2O/c18-17(19)22-16(21-15-10-3-4-11-20-15)14-9-5-7-12-6-1-2-8-13(12)14/h1-11H/b21-16-. The van der Waals surface area contributed by atoms with Crippen LogP contribution in [0.15, 0.2) is 71.9 Å². The number of aliphatic imine (C=N–C) groups is 1. The molecule has 1 aromatic heterocycles. The van der Waals surface area contributed by atoms with Gasteiger partial charge in [0.15, 0.2) is 5.82 Å². The molecule has 3 aromatic rings. The molecule has 6 heteroatoms. The number of halogens is 2. The molecule has 0 aliphatic carbocycles. The summed E-state index contributed by atoms with van der Waals surface area (Å²) in [6.07, 6.45) is 1.54. The Bertz CT molecular complexity index is 804. The van der Waals surface area contributed by atoms with Crippen LogP contribution in [0.3, 0.4) is 0 Å². The molecule has 0 saturated heterocycles. The highest BCUT2D eigenvalue weighted by Crippen LogP contribution is 2.22. The van der Waals surface area contributed by atoms with Crippen molar-refractivity contribution in [3.63, 3.8) is 0 Å². The molecule has 3 nitrogen and oxygen atoms in total. The fourth-order valence-electron chi connectivity index (χ4n) is 2.17. The fourth-order valence-corrected chi connectivity index (χ4v) is 2.17. The van der Waals surface area contributed by atoms with Crippen molar-refractivity contribution in [2.75, 3.05) is 0 Å². The van der Waals surface area contributed by atoms with Gasteiger partial charge < -0.3 is 4.65 Å². The molecule has 0 amide bonds. The average molecular weight is 296 g/mol. The predicted molar refractivity (Wildman–Crippen MR) is 83.4 cm³/mol. The Balaban J connectivity index is 2.14. The lowest BCUT2D eigenvalue weighted by atomic mass is 10.0. The Kier molecular flexibility index (Phi) is 4.09. The number of rotatable bonds is 3. The summed E-state index contributed by atoms with van der Waals surface area (Å²) >= 11 is 0. The van der Waals surface area contributed by atoms with Crippen LogP contribution in [0.2, 0.25) is 0 Å². The number of hydrogen-bond donors (Lipinski definition) is 0. The first-order valence-corrected chi connectivity index (χ1v) is 6.67. The van der Waals surface area contributed by atoms with Crippen LogP contribution in [0.4, 0.5) is 14.4 Å². The normalized spacial score (nSPS) is 11.5. The van der Waals surface area contributed by atoms with Gasteiger partial charge in [-0.05, 0) is 29.0 Å². The molecular weight excluding hydrogens is 285 g/mol. The number of hydrogen-bond acceptors (Lipinski definition) is 3. The Hall–Kier alpha value is -2.76. The molecule has 0 N–H and O–H groups in total. The summed E-state index contributed by atoms with van der Waals surface area (Å²) in [4.78, 5) is 8.14. The summed E-state index contributed by atoms with van der Waals surface area (Å²) in [6, 6.07) is 17.9. The summed E-state index contributed by atoms with van der Waals surface area (Å²) in [5.41, 5.74) is 0.504. The molecule has 1 heterocycles. The van der Waals surface area contributed by atoms with Gasteiger partial charge in [-0.15, -0.1) is 0 Å². The zero-order valence-electron chi connectivity index (χ0n) is 11.5. The van der Waals surface area contributed by atoms with E-state index in [9.17, 15) is 8.63 Å². The third-order valence-corrected chi connectivity index (χ3v) is 3.09. The van der Waals surface area contributed by atoms with E-state index < -0.39 is 7.47 Å². The molecule has 0 unspecified atom stereocenters. The van der Waals surface area contributed by atoms with Crippen molar-refractivity contribution in [3.8, 4) is 0 Å². The zero-order chi connectivity index (χ0) is 15.4. The zero-order valence-corrected chi connectivity index (χ0v) is 11.5. The van der Waals surface area contributed by atoms with Crippen LogP contribution in [-0.2, 0) is 4.65 Å². The molecule has 0 aliphatic heterocycles. The first kappa shape index (κ1) is 14.2. The van der Waals surface area contributed by atoms with E-state index in [1.807, 2.05) is 30.3 Å². The van der Waals surface area contributed by atoms with Crippen LogP contribution in [-0.4, -0.2) is 18.4 Å². The highest BCUT2D eigenvalue weighted by atomic mass is 19.2. The van der Waals surface area contributed by atoms with Gasteiger partial charge >= 0.3 is 7.47 Å². The van der Waals surface area contributed by atoms with Gasteiger partial charge in [0.1, 0.15) is 0 Å². The van der Waals surface area contributed by atoms with Crippen molar-refractivity contribution in [2.45, 2.75) is 0 Å². The topological polar surface area (TPSA) is 34.5 Å². The SMILES string of the molecule is FB(F)O/C(=N\c1ccccn1)c1cccc2ccccc12. The molecule has 3 rings (SSSR count). The first-order chi connectivity index (χ1) is 10.7. The van der Waals surface area contributed by atoms with Crippen molar-refractivity contribution in [2.24, 2.45) is 4.99 Å². The van der Waals surface area contributed by atoms with Crippen LogP contribution < -0.4 is 0 Å². The summed E-state index contributed by atoms with van der Waals surface area (Å²) in [7, 11) is -2.96. The number of aromatic nitrogens is 1. The number of fused-ring (bicyclic) bond motifs is 1. The van der Waals surface area contributed by atoms with Gasteiger partial charge in [0.05, 0.1) is 0 Å². The largest absolute Gasteiger partial charge is 0.797 e. The van der Waals surface area contributed by atoms with Gasteiger partial charge in [0, 0.05) is 11.8 Å². The van der Waals surface area contributed by atoms with Gasteiger partial charge in [-0.1, -0.05) is 42.5 Å². The van der Waals surface area contributed by atoms with Crippen molar-refractivity contribution in [1.82, 2.24) is 4.98 Å². The second-order valence-corrected chi connectivity index (χ2v) is 4.51. The molecule has 22 heavy (non-hydrogen) atoms. The van der Waals surface area contributed by atoms with Crippen LogP contribution in [0.5, 0.6) is 0 Å². The summed E-state index contributed by atoms with van der Waals surface area (Å²) in [5.74, 6) is 0.164. The lowest BCUT2D eigenvalue weighted by Crippen LogP contribution is -2.15. The Morgan fingerprint density at radius 2 is 1.73 bits per heavy atom. The van der Waals surface area contributed by atoms with E-state index in [1.165, 1.54) is 0 Å². The third-order valence-electron chi connectivity index (χ3n) is 3.09. The van der Waals surface area contributed by atoms with Crippen molar-refractivity contribution in [3.05, 3.63) is 72.4 Å². The van der Waals surface area contributed by atoms with Gasteiger partial charge in [0.25, 0.3) is 0 Å². The number of nitrogens with zero attached hydrogens (tertiary/aromatic N) is 2. The highest BCUT2D eigenvalue weighted by molar-refractivity contribution is 6.39. The van der Waals surface area contributed by atoms with Gasteiger partial charge in [-0.25, -0.2) is 13.6 Å². The Morgan fingerprint density at radius 3 is 2.50 bits per heavy atom. The second-order valence-electron chi connectivity index (χ2n) is 4.51. The average Bonchev–Trinajstić information content (AvgIpc) is 2.54. The predicted octanol–water partition coefficient (Wildman–Crippen LogP) is 4.25. The van der Waals surface area contributed by atoms with E-state index in [2.05, 4.69) is 14.6 Å². The number of pyridine rings is 1. The minimum Gasteiger partial charge on any atom is -0.490 e. The molecule has 2 aromatic carbocycles. The van der Waals surface area contributed by atoms with Crippen LogP contribution >= 0.6 is 0 Å².